The van der Waals surface area contributed by atoms with Gasteiger partial charge in [0.2, 0.25) is 6.79 Å². The second-order valence-electron chi connectivity index (χ2n) is 5.79. The van der Waals surface area contributed by atoms with Crippen LogP contribution in [0.25, 0.3) is 0 Å². The van der Waals surface area contributed by atoms with Crippen LogP contribution in [-0.4, -0.2) is 38.4 Å². The highest BCUT2D eigenvalue weighted by atomic mass is 35.5. The summed E-state index contributed by atoms with van der Waals surface area (Å²) in [5.41, 5.74) is 0.598. The fourth-order valence-corrected chi connectivity index (χ4v) is 3.06. The van der Waals surface area contributed by atoms with E-state index in [2.05, 4.69) is 5.32 Å². The molecule has 2 aromatic carbocycles. The Hall–Kier alpha value is -3.20. The summed E-state index contributed by atoms with van der Waals surface area (Å²) in [7, 11) is 2.84. The minimum Gasteiger partial charge on any atom is -0.493 e. The fraction of sp³-hybridized carbons (Fsp3) is 0.278. The van der Waals surface area contributed by atoms with Crippen LogP contribution >= 0.6 is 11.6 Å². The van der Waals surface area contributed by atoms with Gasteiger partial charge in [-0.2, -0.15) is 0 Å². The molecule has 148 valence electrons. The van der Waals surface area contributed by atoms with Gasteiger partial charge in [0.05, 0.1) is 30.2 Å². The van der Waals surface area contributed by atoms with Crippen molar-refractivity contribution in [2.24, 2.45) is 0 Å². The number of methoxy groups -OCH3 is 2. The molecule has 0 atom stereocenters. The minimum atomic E-state index is -0.503. The lowest BCUT2D eigenvalue weighted by molar-refractivity contribution is -0.385. The number of nitro groups is 1. The maximum atomic E-state index is 12.4. The molecule has 1 aliphatic rings. The first kappa shape index (κ1) is 19.6. The van der Waals surface area contributed by atoms with Crippen LogP contribution in [0.4, 0.5) is 5.69 Å². The van der Waals surface area contributed by atoms with Crippen molar-refractivity contribution in [3.8, 4) is 23.0 Å². The average molecular weight is 409 g/mol. The number of nitro benzene ring substituents is 1. The van der Waals surface area contributed by atoms with Gasteiger partial charge in [-0.05, 0) is 24.6 Å². The molecule has 0 bridgehead atoms. The maximum Gasteiger partial charge on any atom is 0.276 e. The van der Waals surface area contributed by atoms with Crippen LogP contribution in [0.3, 0.4) is 0 Å². The second kappa shape index (κ2) is 8.22. The largest absolute Gasteiger partial charge is 0.493 e. The Bertz CT molecular complexity index is 933. The van der Waals surface area contributed by atoms with Gasteiger partial charge in [0.25, 0.3) is 11.6 Å². The molecular formula is C18H17ClN2O7. The van der Waals surface area contributed by atoms with E-state index in [9.17, 15) is 14.9 Å². The van der Waals surface area contributed by atoms with Crippen LogP contribution in [0.2, 0.25) is 5.02 Å². The van der Waals surface area contributed by atoms with Gasteiger partial charge < -0.3 is 24.3 Å². The Labute approximate surface area is 165 Å². The van der Waals surface area contributed by atoms with E-state index in [1.807, 2.05) is 0 Å². The van der Waals surface area contributed by atoms with Crippen molar-refractivity contribution in [1.29, 1.82) is 0 Å². The van der Waals surface area contributed by atoms with E-state index in [4.69, 9.17) is 30.5 Å². The first-order valence-corrected chi connectivity index (χ1v) is 8.59. The van der Waals surface area contributed by atoms with Gasteiger partial charge in [-0.1, -0.05) is 11.6 Å². The monoisotopic (exact) mass is 408 g/mol. The van der Waals surface area contributed by atoms with E-state index in [1.54, 1.807) is 0 Å². The lowest BCUT2D eigenvalue weighted by Crippen LogP contribution is -2.25. The molecule has 0 radical (unpaired) electrons. The molecule has 0 aliphatic carbocycles. The summed E-state index contributed by atoms with van der Waals surface area (Å²) < 4.78 is 20.7. The first-order valence-electron chi connectivity index (χ1n) is 8.21. The second-order valence-corrected chi connectivity index (χ2v) is 6.20. The molecule has 28 heavy (non-hydrogen) atoms. The molecule has 9 nitrogen and oxygen atoms in total. The molecule has 1 N–H and O–H groups in total. The summed E-state index contributed by atoms with van der Waals surface area (Å²) in [6, 6.07) is 5.83. The predicted molar refractivity (Wildman–Crippen MR) is 99.8 cm³/mol. The third-order valence-electron chi connectivity index (χ3n) is 4.15. The number of rotatable bonds is 7. The zero-order valence-electron chi connectivity index (χ0n) is 15.1. The molecule has 0 saturated carbocycles. The smallest absolute Gasteiger partial charge is 0.276 e. The van der Waals surface area contributed by atoms with Crippen molar-refractivity contribution >= 4 is 23.2 Å². The van der Waals surface area contributed by atoms with Gasteiger partial charge in [0.1, 0.15) is 0 Å². The summed E-state index contributed by atoms with van der Waals surface area (Å²) in [5, 5.41) is 14.3. The van der Waals surface area contributed by atoms with Crippen molar-refractivity contribution < 1.29 is 28.7 Å². The summed E-state index contributed by atoms with van der Waals surface area (Å²) >= 11 is 6.08. The number of amides is 1. The minimum absolute atomic E-state index is 0.0447. The van der Waals surface area contributed by atoms with E-state index >= 15 is 0 Å². The highest BCUT2D eigenvalue weighted by Crippen LogP contribution is 2.39. The normalized spacial score (nSPS) is 11.8. The number of nitrogens with one attached hydrogen (secondary N) is 1. The average Bonchev–Trinajstić information content (AvgIpc) is 3.16. The quantitative estimate of drug-likeness (QED) is 0.554. The summed E-state index contributed by atoms with van der Waals surface area (Å²) in [5.74, 6) is 1.05. The number of carbonyl (C=O) groups is 1. The Morgan fingerprint density at radius 1 is 1.21 bits per heavy atom. The van der Waals surface area contributed by atoms with Gasteiger partial charge in [-0.15, -0.1) is 0 Å². The number of halogens is 1. The molecule has 2 aromatic rings. The molecule has 1 aliphatic heterocycles. The molecule has 1 amide bonds. The van der Waals surface area contributed by atoms with Gasteiger partial charge >= 0.3 is 0 Å². The summed E-state index contributed by atoms with van der Waals surface area (Å²) in [6.45, 7) is 0.213. The molecule has 3 rings (SSSR count). The number of ether oxygens (including phenoxy) is 4. The molecule has 0 spiro atoms. The number of benzene rings is 2. The molecule has 0 aromatic heterocycles. The summed E-state index contributed by atoms with van der Waals surface area (Å²) in [6.07, 6.45) is 0.223. The molecule has 0 fully saturated rings. The van der Waals surface area contributed by atoms with Gasteiger partial charge in [0, 0.05) is 17.7 Å². The Balaban J connectivity index is 1.72. The van der Waals surface area contributed by atoms with Gasteiger partial charge in [-0.25, -0.2) is 0 Å². The zero-order chi connectivity index (χ0) is 20.3. The standard InChI is InChI=1S/C18H17ClN2O7/c1-25-14-6-10(13(21(23)24)8-15(14)26-2)3-4-20-18(22)11-5-12(19)17-16(7-11)27-9-28-17/h5-8H,3-4,9H2,1-2H3,(H,20,22). The van der Waals surface area contributed by atoms with Crippen LogP contribution in [0.5, 0.6) is 23.0 Å². The third kappa shape index (κ3) is 3.89. The van der Waals surface area contributed by atoms with Crippen LogP contribution in [0.15, 0.2) is 24.3 Å². The van der Waals surface area contributed by atoms with Crippen LogP contribution in [0.1, 0.15) is 15.9 Å². The molecule has 0 unspecified atom stereocenters. The van der Waals surface area contributed by atoms with E-state index in [-0.39, 0.29) is 42.1 Å². The lowest BCUT2D eigenvalue weighted by Gasteiger charge is -2.11. The Morgan fingerprint density at radius 3 is 2.61 bits per heavy atom. The highest BCUT2D eigenvalue weighted by molar-refractivity contribution is 6.32. The number of fused-ring (bicyclic) bond motifs is 1. The topological polar surface area (TPSA) is 109 Å². The van der Waals surface area contributed by atoms with Crippen molar-refractivity contribution in [2.45, 2.75) is 6.42 Å². The summed E-state index contributed by atoms with van der Waals surface area (Å²) in [4.78, 5) is 23.2. The predicted octanol–water partition coefficient (Wildman–Crippen LogP) is 2.97. The SMILES string of the molecule is COc1cc(CCNC(=O)c2cc(Cl)c3c(c2)OCO3)c([N+](=O)[O-])cc1OC. The third-order valence-corrected chi connectivity index (χ3v) is 4.43. The van der Waals surface area contributed by atoms with E-state index in [0.29, 0.717) is 28.4 Å². The number of nitrogens with zero attached hydrogens (tertiary/aromatic N) is 1. The van der Waals surface area contributed by atoms with E-state index < -0.39 is 4.92 Å². The maximum absolute atomic E-state index is 12.4. The first-order chi connectivity index (χ1) is 13.4. The number of carbonyl (C=O) groups excluding carboxylic acids is 1. The van der Waals surface area contributed by atoms with E-state index in [1.165, 1.54) is 38.5 Å². The van der Waals surface area contributed by atoms with Crippen molar-refractivity contribution in [1.82, 2.24) is 5.32 Å². The van der Waals surface area contributed by atoms with Crippen LogP contribution in [-0.2, 0) is 6.42 Å². The number of hydrogen-bond acceptors (Lipinski definition) is 7. The Kier molecular flexibility index (Phi) is 5.74. The molecule has 0 saturated heterocycles. The molecule has 1 heterocycles. The highest BCUT2D eigenvalue weighted by Gasteiger charge is 2.22. The number of hydrogen-bond donors (Lipinski definition) is 1. The van der Waals surface area contributed by atoms with Crippen LogP contribution < -0.4 is 24.3 Å². The van der Waals surface area contributed by atoms with Gasteiger partial charge in [0.15, 0.2) is 23.0 Å². The van der Waals surface area contributed by atoms with Crippen molar-refractivity contribution in [3.63, 3.8) is 0 Å². The van der Waals surface area contributed by atoms with E-state index in [0.717, 1.165) is 0 Å². The fourth-order valence-electron chi connectivity index (χ4n) is 2.79. The zero-order valence-corrected chi connectivity index (χ0v) is 15.9. The van der Waals surface area contributed by atoms with Crippen molar-refractivity contribution in [2.75, 3.05) is 27.6 Å². The lowest BCUT2D eigenvalue weighted by atomic mass is 10.1. The molecule has 10 heteroatoms. The van der Waals surface area contributed by atoms with Crippen LogP contribution in [0, 0.1) is 10.1 Å². The van der Waals surface area contributed by atoms with Crippen molar-refractivity contribution in [3.05, 3.63) is 50.5 Å². The molecular weight excluding hydrogens is 392 g/mol. The Morgan fingerprint density at radius 2 is 1.93 bits per heavy atom. The van der Waals surface area contributed by atoms with Gasteiger partial charge in [-0.3, -0.25) is 14.9 Å².